The topological polar surface area (TPSA) is 221 Å². The number of carbonyl (C=O) groups excluding carboxylic acids is 6. The number of aromatic nitrogens is 1. The van der Waals surface area contributed by atoms with E-state index in [0.29, 0.717) is 70.3 Å². The van der Waals surface area contributed by atoms with Crippen LogP contribution in [0.25, 0.3) is 0 Å². The molecule has 4 rings (SSSR count). The van der Waals surface area contributed by atoms with Crippen molar-refractivity contribution in [1.29, 1.82) is 0 Å². The summed E-state index contributed by atoms with van der Waals surface area (Å²) in [6, 6.07) is 15.1. The van der Waals surface area contributed by atoms with Crippen LogP contribution in [0, 0.1) is 23.7 Å². The highest BCUT2D eigenvalue weighted by molar-refractivity contribution is 5.91. The second-order valence-electron chi connectivity index (χ2n) is 22.4. The van der Waals surface area contributed by atoms with E-state index in [1.165, 1.54) is 18.8 Å². The summed E-state index contributed by atoms with van der Waals surface area (Å²) in [5.41, 5.74) is 3.14. The van der Waals surface area contributed by atoms with Gasteiger partial charge in [-0.1, -0.05) is 117 Å². The van der Waals surface area contributed by atoms with E-state index in [-0.39, 0.29) is 66.0 Å². The summed E-state index contributed by atoms with van der Waals surface area (Å²) in [6.45, 7) is 16.9. The third kappa shape index (κ3) is 18.5. The summed E-state index contributed by atoms with van der Waals surface area (Å²) in [5, 5.41) is 29.9. The van der Waals surface area contributed by atoms with Crippen molar-refractivity contribution in [3.8, 4) is 11.8 Å². The molecule has 18 heteroatoms. The molecular weight excluding hydrogens is 1010 g/mol. The lowest BCUT2D eigenvalue weighted by molar-refractivity contribution is -0.149. The molecule has 2 aromatic carbocycles. The SMILES string of the molecule is CCCCc1cc(O)n(CCCCCC(=O)Nc2cccc(CN(C)C(C(=O)NC(C(=O)N(C)C(C(C)CC)C(CC(=O)N3CCCC3C(OC)C(C)C(=O)NC(Cc3ccccc3)C(=O)OC)OC)C(C)C)C(C)C)c2)c1O. The normalized spacial score (nSPS) is 16.7. The van der Waals surface area contributed by atoms with Crippen LogP contribution < -0.4 is 16.0 Å². The second kappa shape index (κ2) is 32.3. The Balaban J connectivity index is 1.39. The van der Waals surface area contributed by atoms with Crippen molar-refractivity contribution in [2.45, 2.75) is 188 Å². The van der Waals surface area contributed by atoms with Crippen LogP contribution in [0.2, 0.25) is 0 Å². The van der Waals surface area contributed by atoms with Crippen molar-refractivity contribution in [1.82, 2.24) is 29.9 Å². The van der Waals surface area contributed by atoms with Crippen molar-refractivity contribution in [3.63, 3.8) is 0 Å². The predicted molar refractivity (Wildman–Crippen MR) is 307 cm³/mol. The Kier molecular flexibility index (Phi) is 26.8. The minimum atomic E-state index is -0.921. The summed E-state index contributed by atoms with van der Waals surface area (Å²) < 4.78 is 18.7. The van der Waals surface area contributed by atoms with Gasteiger partial charge in [0.1, 0.15) is 12.1 Å². The first kappa shape index (κ1) is 65.5. The quantitative estimate of drug-likeness (QED) is 0.0291. The molecule has 9 atom stereocenters. The van der Waals surface area contributed by atoms with Gasteiger partial charge in [0.05, 0.1) is 49.8 Å². The number of nitrogens with zero attached hydrogens (tertiary/aromatic N) is 4. The maximum absolute atomic E-state index is 14.8. The van der Waals surface area contributed by atoms with Gasteiger partial charge in [-0.25, -0.2) is 4.79 Å². The second-order valence-corrected chi connectivity index (χ2v) is 22.4. The van der Waals surface area contributed by atoms with Gasteiger partial charge in [0.25, 0.3) is 0 Å². The monoisotopic (exact) mass is 1100 g/mol. The summed E-state index contributed by atoms with van der Waals surface area (Å²) in [5.74, 6) is -3.00. The number of anilines is 1. The first-order valence-electron chi connectivity index (χ1n) is 28.7. The fourth-order valence-electron chi connectivity index (χ4n) is 11.2. The summed E-state index contributed by atoms with van der Waals surface area (Å²) in [6.07, 6.45) is 5.80. The third-order valence-corrected chi connectivity index (χ3v) is 15.8. The van der Waals surface area contributed by atoms with E-state index in [1.54, 1.807) is 36.9 Å². The van der Waals surface area contributed by atoms with Gasteiger partial charge >= 0.3 is 5.97 Å². The number of methoxy groups -OCH3 is 3. The third-order valence-electron chi connectivity index (χ3n) is 15.8. The molecule has 1 aliphatic heterocycles. The number of ether oxygens (including phenoxy) is 3. The van der Waals surface area contributed by atoms with Gasteiger partial charge in [0, 0.05) is 71.1 Å². The van der Waals surface area contributed by atoms with Crippen LogP contribution in [0.4, 0.5) is 5.69 Å². The highest BCUT2D eigenvalue weighted by atomic mass is 16.5. The van der Waals surface area contributed by atoms with Gasteiger partial charge in [0.2, 0.25) is 29.5 Å². The molecule has 5 amide bonds. The maximum atomic E-state index is 14.8. The molecule has 79 heavy (non-hydrogen) atoms. The standard InChI is InChI=1S/C61H95N7O11/c1-14-16-28-45-36-51(70)68(59(45)74)32-22-18-21-31-50(69)62-46-29-23-27-44(34-46)38-65(9)54(40(5)6)58(73)64-53(39(3)4)60(75)66(10)55(41(7)15-2)49(77-11)37-52(71)67-33-24-30-48(67)56(78-12)42(8)57(72)63-47(61(76)79-13)35-43-25-19-17-20-26-43/h17,19-20,23,25-27,29,34,36,39-42,47-49,53-56,70,74H,14-16,18,21-22,24,28,30-33,35,37-38H2,1-13H3,(H,62,69)(H,63,72)(H,64,73). The molecule has 440 valence electrons. The number of hydrogen-bond donors (Lipinski definition) is 5. The number of unbranched alkanes of at least 4 members (excludes halogenated alkanes) is 3. The van der Waals surface area contributed by atoms with Crippen molar-refractivity contribution < 1.29 is 53.2 Å². The van der Waals surface area contributed by atoms with Gasteiger partial charge in [-0.3, -0.25) is 33.4 Å². The number of nitrogens with one attached hydrogen (secondary N) is 3. The molecule has 9 unspecified atom stereocenters. The zero-order chi connectivity index (χ0) is 58.5. The Hall–Kier alpha value is -5.98. The van der Waals surface area contributed by atoms with Crippen LogP contribution in [0.5, 0.6) is 11.8 Å². The fraction of sp³-hybridized carbons (Fsp3) is 0.639. The molecule has 0 bridgehead atoms. The first-order valence-corrected chi connectivity index (χ1v) is 28.7. The van der Waals surface area contributed by atoms with Crippen molar-refractivity contribution in [2.75, 3.05) is 47.3 Å². The zero-order valence-corrected chi connectivity index (χ0v) is 49.6. The number of likely N-dealkylation sites (N-methyl/N-ethyl adjacent to an activating group) is 2. The average Bonchev–Trinajstić information content (AvgIpc) is 4.01. The minimum Gasteiger partial charge on any atom is -0.494 e. The van der Waals surface area contributed by atoms with Gasteiger partial charge in [-0.05, 0) is 86.6 Å². The molecule has 1 aliphatic rings. The molecule has 2 heterocycles. The number of carbonyl (C=O) groups is 6. The molecular formula is C61H95N7O11. The predicted octanol–water partition coefficient (Wildman–Crippen LogP) is 7.86. The van der Waals surface area contributed by atoms with E-state index in [1.807, 2.05) is 108 Å². The van der Waals surface area contributed by atoms with E-state index < -0.39 is 60.2 Å². The molecule has 5 N–H and O–H groups in total. The Labute approximate surface area is 470 Å². The molecule has 1 saturated heterocycles. The van der Waals surface area contributed by atoms with Gasteiger partial charge in [-0.2, -0.15) is 0 Å². The Morgan fingerprint density at radius 3 is 2.11 bits per heavy atom. The van der Waals surface area contributed by atoms with Gasteiger partial charge in [-0.15, -0.1) is 0 Å². The minimum absolute atomic E-state index is 0.0449. The number of rotatable bonds is 33. The van der Waals surface area contributed by atoms with E-state index >= 15 is 0 Å². The molecule has 0 spiro atoms. The number of aryl methyl sites for hydroxylation is 1. The number of amides is 5. The number of likely N-dealkylation sites (tertiary alicyclic amines) is 1. The molecule has 0 radical (unpaired) electrons. The summed E-state index contributed by atoms with van der Waals surface area (Å²) in [4.78, 5) is 88.8. The van der Waals surface area contributed by atoms with Gasteiger partial charge in [0.15, 0.2) is 11.8 Å². The fourth-order valence-corrected chi connectivity index (χ4v) is 11.2. The van der Waals surface area contributed by atoms with Crippen LogP contribution in [0.1, 0.15) is 136 Å². The van der Waals surface area contributed by atoms with Crippen molar-refractivity contribution >= 4 is 41.2 Å². The highest BCUT2D eigenvalue weighted by Gasteiger charge is 2.44. The summed E-state index contributed by atoms with van der Waals surface area (Å²) >= 11 is 0. The molecule has 18 nitrogen and oxygen atoms in total. The number of aromatic hydroxyl groups is 2. The van der Waals surface area contributed by atoms with Crippen molar-refractivity contribution in [3.05, 3.63) is 77.4 Å². The van der Waals surface area contributed by atoms with Crippen LogP contribution in [0.15, 0.2) is 60.7 Å². The molecule has 1 aromatic heterocycles. The largest absolute Gasteiger partial charge is 0.494 e. The molecule has 0 aliphatic carbocycles. The number of esters is 1. The van der Waals surface area contributed by atoms with Gasteiger partial charge < -0.3 is 50.2 Å². The van der Waals surface area contributed by atoms with Crippen LogP contribution in [-0.4, -0.2) is 149 Å². The van der Waals surface area contributed by atoms with Crippen LogP contribution in [0.3, 0.4) is 0 Å². The summed E-state index contributed by atoms with van der Waals surface area (Å²) in [7, 11) is 7.92. The van der Waals surface area contributed by atoms with E-state index in [4.69, 9.17) is 14.2 Å². The number of hydrogen-bond acceptors (Lipinski definition) is 12. The Morgan fingerprint density at radius 1 is 0.797 bits per heavy atom. The van der Waals surface area contributed by atoms with Crippen LogP contribution in [-0.2, 0) is 68.9 Å². The highest BCUT2D eigenvalue weighted by Crippen LogP contribution is 2.32. The maximum Gasteiger partial charge on any atom is 0.328 e. The zero-order valence-electron chi connectivity index (χ0n) is 49.6. The lowest BCUT2D eigenvalue weighted by atomic mass is 9.89. The van der Waals surface area contributed by atoms with Crippen molar-refractivity contribution in [2.24, 2.45) is 23.7 Å². The first-order chi connectivity index (χ1) is 37.6. The van der Waals surface area contributed by atoms with Crippen LogP contribution >= 0.6 is 0 Å². The van der Waals surface area contributed by atoms with E-state index in [2.05, 4.69) is 22.9 Å². The smallest absolute Gasteiger partial charge is 0.328 e. The lowest BCUT2D eigenvalue weighted by Gasteiger charge is -2.41. The lowest BCUT2D eigenvalue weighted by Crippen LogP contribution is -2.60. The Morgan fingerprint density at radius 2 is 1.49 bits per heavy atom. The molecule has 0 saturated carbocycles. The molecule has 1 fully saturated rings. The average molecular weight is 1100 g/mol. The van der Waals surface area contributed by atoms with E-state index in [0.717, 1.165) is 36.0 Å². The number of benzene rings is 2. The Bertz CT molecular complexity index is 2410. The van der Waals surface area contributed by atoms with E-state index in [9.17, 15) is 39.0 Å². The molecule has 3 aromatic rings.